The minimum atomic E-state index is -1.07. The third-order valence-electron chi connectivity index (χ3n) is 2.95. The van der Waals surface area contributed by atoms with Crippen LogP contribution in [0.4, 0.5) is 10.1 Å². The maximum Gasteiger partial charge on any atom is 0.354 e. The van der Waals surface area contributed by atoms with Crippen molar-refractivity contribution in [3.8, 4) is 0 Å². The summed E-state index contributed by atoms with van der Waals surface area (Å²) < 4.78 is 13.8. The highest BCUT2D eigenvalue weighted by atomic mass is 19.1. The van der Waals surface area contributed by atoms with Crippen molar-refractivity contribution in [2.75, 3.05) is 11.4 Å². The summed E-state index contributed by atoms with van der Waals surface area (Å²) in [5, 5.41) is 8.93. The number of rotatable bonds is 5. The number of benzene rings is 1. The Morgan fingerprint density at radius 3 is 2.65 bits per heavy atom. The van der Waals surface area contributed by atoms with Gasteiger partial charge < -0.3 is 10.0 Å². The van der Waals surface area contributed by atoms with E-state index < -0.39 is 5.97 Å². The molecule has 0 aliphatic rings. The second kappa shape index (κ2) is 6.14. The molecule has 0 aliphatic heterocycles. The van der Waals surface area contributed by atoms with Crippen molar-refractivity contribution in [1.29, 1.82) is 0 Å². The van der Waals surface area contributed by atoms with Gasteiger partial charge in [0, 0.05) is 6.54 Å². The first kappa shape index (κ1) is 14.0. The highest BCUT2D eigenvalue weighted by Crippen LogP contribution is 2.20. The van der Waals surface area contributed by atoms with Gasteiger partial charge in [-0.2, -0.15) is 0 Å². The van der Waals surface area contributed by atoms with Gasteiger partial charge in [0.05, 0.1) is 17.9 Å². The Balaban J connectivity index is 2.25. The maximum atomic E-state index is 13.8. The van der Waals surface area contributed by atoms with Gasteiger partial charge in [0.15, 0.2) is 0 Å². The normalized spacial score (nSPS) is 10.3. The molecule has 0 bridgehead atoms. The summed E-state index contributed by atoms with van der Waals surface area (Å²) in [7, 11) is 0. The summed E-state index contributed by atoms with van der Waals surface area (Å²) >= 11 is 0. The van der Waals surface area contributed by atoms with Crippen LogP contribution in [-0.4, -0.2) is 22.6 Å². The molecule has 0 fully saturated rings. The number of halogens is 1. The Kier molecular flexibility index (Phi) is 4.30. The van der Waals surface area contributed by atoms with Crippen molar-refractivity contribution in [1.82, 2.24) is 4.98 Å². The molecule has 1 aromatic carbocycles. The van der Waals surface area contributed by atoms with Gasteiger partial charge in [-0.3, -0.25) is 0 Å². The van der Waals surface area contributed by atoms with Crippen LogP contribution in [0, 0.1) is 5.82 Å². The molecule has 0 amide bonds. The van der Waals surface area contributed by atoms with Gasteiger partial charge in [0.2, 0.25) is 0 Å². The molecule has 1 N–H and O–H groups in total. The van der Waals surface area contributed by atoms with E-state index in [1.807, 2.05) is 11.8 Å². The Bertz CT molecular complexity index is 616. The zero-order valence-corrected chi connectivity index (χ0v) is 11.1. The Hall–Kier alpha value is -2.43. The average molecular weight is 274 g/mol. The summed E-state index contributed by atoms with van der Waals surface area (Å²) in [4.78, 5) is 16.8. The topological polar surface area (TPSA) is 53.4 Å². The molecule has 0 saturated carbocycles. The first-order chi connectivity index (χ1) is 9.61. The van der Waals surface area contributed by atoms with Crippen LogP contribution in [0.3, 0.4) is 0 Å². The lowest BCUT2D eigenvalue weighted by Gasteiger charge is -2.23. The molecule has 0 atom stereocenters. The van der Waals surface area contributed by atoms with Crippen LogP contribution in [-0.2, 0) is 6.54 Å². The second-order valence-corrected chi connectivity index (χ2v) is 4.28. The predicted octanol–water partition coefficient (Wildman–Crippen LogP) is 2.95. The van der Waals surface area contributed by atoms with E-state index in [1.165, 1.54) is 12.1 Å². The van der Waals surface area contributed by atoms with E-state index in [4.69, 9.17) is 5.11 Å². The largest absolute Gasteiger partial charge is 0.477 e. The van der Waals surface area contributed by atoms with E-state index in [0.717, 1.165) is 0 Å². The molecule has 1 heterocycles. The van der Waals surface area contributed by atoms with Gasteiger partial charge in [-0.15, -0.1) is 0 Å². The number of hydrogen-bond acceptors (Lipinski definition) is 3. The van der Waals surface area contributed by atoms with Crippen molar-refractivity contribution in [2.45, 2.75) is 13.5 Å². The zero-order chi connectivity index (χ0) is 14.5. The number of pyridine rings is 1. The third kappa shape index (κ3) is 3.12. The smallest absolute Gasteiger partial charge is 0.354 e. The summed E-state index contributed by atoms with van der Waals surface area (Å²) in [6.07, 6.45) is 0. The predicted molar refractivity (Wildman–Crippen MR) is 74.3 cm³/mol. The second-order valence-electron chi connectivity index (χ2n) is 4.28. The van der Waals surface area contributed by atoms with Gasteiger partial charge >= 0.3 is 5.97 Å². The number of para-hydroxylation sites is 1. The van der Waals surface area contributed by atoms with Gasteiger partial charge in [-0.05, 0) is 31.2 Å². The minimum Gasteiger partial charge on any atom is -0.477 e. The molecule has 4 nitrogen and oxygen atoms in total. The van der Waals surface area contributed by atoms with E-state index in [-0.39, 0.29) is 11.5 Å². The molecule has 2 aromatic rings. The van der Waals surface area contributed by atoms with E-state index in [2.05, 4.69) is 4.98 Å². The summed E-state index contributed by atoms with van der Waals surface area (Å²) in [5.74, 6) is -1.37. The first-order valence-electron chi connectivity index (χ1n) is 6.30. The van der Waals surface area contributed by atoms with Crippen LogP contribution in [0.5, 0.6) is 0 Å². The number of aromatic nitrogens is 1. The standard InChI is InChI=1S/C15H15FN2O2/c1-2-18(14-9-4-3-7-12(14)16)10-11-6-5-8-13(17-11)15(19)20/h3-9H,2,10H2,1H3,(H,19,20). The molecule has 20 heavy (non-hydrogen) atoms. The lowest BCUT2D eigenvalue weighted by Crippen LogP contribution is -2.24. The van der Waals surface area contributed by atoms with Crippen molar-refractivity contribution < 1.29 is 14.3 Å². The molecular formula is C15H15FN2O2. The van der Waals surface area contributed by atoms with Crippen LogP contribution in [0.2, 0.25) is 0 Å². The van der Waals surface area contributed by atoms with E-state index in [9.17, 15) is 9.18 Å². The monoisotopic (exact) mass is 274 g/mol. The molecule has 0 saturated heterocycles. The number of carboxylic acid groups (broad SMARTS) is 1. The highest BCUT2D eigenvalue weighted by molar-refractivity contribution is 5.85. The Morgan fingerprint density at radius 2 is 2.00 bits per heavy atom. The summed E-state index contributed by atoms with van der Waals surface area (Å²) in [5.41, 5.74) is 1.07. The van der Waals surface area contributed by atoms with Crippen LogP contribution in [0.25, 0.3) is 0 Å². The summed E-state index contributed by atoms with van der Waals surface area (Å²) in [6, 6.07) is 11.3. The zero-order valence-electron chi connectivity index (χ0n) is 11.1. The van der Waals surface area contributed by atoms with Gasteiger partial charge in [-0.25, -0.2) is 14.2 Å². The van der Waals surface area contributed by atoms with E-state index in [0.29, 0.717) is 24.5 Å². The van der Waals surface area contributed by atoms with Crippen molar-refractivity contribution in [3.05, 3.63) is 59.7 Å². The van der Waals surface area contributed by atoms with Gasteiger partial charge in [0.1, 0.15) is 11.5 Å². The van der Waals surface area contributed by atoms with E-state index >= 15 is 0 Å². The number of nitrogens with zero attached hydrogens (tertiary/aromatic N) is 2. The van der Waals surface area contributed by atoms with Crippen LogP contribution in [0.1, 0.15) is 23.1 Å². The number of anilines is 1. The van der Waals surface area contributed by atoms with Crippen LogP contribution < -0.4 is 4.90 Å². The highest BCUT2D eigenvalue weighted by Gasteiger charge is 2.12. The quantitative estimate of drug-likeness (QED) is 0.910. The first-order valence-corrected chi connectivity index (χ1v) is 6.30. The number of carboxylic acids is 1. The lowest BCUT2D eigenvalue weighted by molar-refractivity contribution is 0.0690. The molecule has 0 radical (unpaired) electrons. The fourth-order valence-corrected chi connectivity index (χ4v) is 1.96. The lowest BCUT2D eigenvalue weighted by atomic mass is 10.2. The molecule has 2 rings (SSSR count). The van der Waals surface area contributed by atoms with Crippen molar-refractivity contribution in [2.24, 2.45) is 0 Å². The van der Waals surface area contributed by atoms with Gasteiger partial charge in [-0.1, -0.05) is 18.2 Å². The number of hydrogen-bond donors (Lipinski definition) is 1. The molecule has 0 unspecified atom stereocenters. The van der Waals surface area contributed by atoms with Crippen LogP contribution in [0.15, 0.2) is 42.5 Å². The number of aromatic carboxylic acids is 1. The Labute approximate surface area is 116 Å². The fourth-order valence-electron chi connectivity index (χ4n) is 1.96. The Morgan fingerprint density at radius 1 is 1.25 bits per heavy atom. The minimum absolute atomic E-state index is 0.00733. The third-order valence-corrected chi connectivity index (χ3v) is 2.95. The average Bonchev–Trinajstić information content (AvgIpc) is 2.46. The molecule has 0 spiro atoms. The molecule has 104 valence electrons. The van der Waals surface area contributed by atoms with Crippen LogP contribution >= 0.6 is 0 Å². The summed E-state index contributed by atoms with van der Waals surface area (Å²) in [6.45, 7) is 2.87. The van der Waals surface area contributed by atoms with Crippen molar-refractivity contribution >= 4 is 11.7 Å². The fraction of sp³-hybridized carbons (Fsp3) is 0.200. The van der Waals surface area contributed by atoms with Crippen molar-refractivity contribution in [3.63, 3.8) is 0 Å². The molecular weight excluding hydrogens is 259 g/mol. The SMILES string of the molecule is CCN(Cc1cccc(C(=O)O)n1)c1ccccc1F. The molecule has 5 heteroatoms. The molecule has 0 aliphatic carbocycles. The van der Waals surface area contributed by atoms with Gasteiger partial charge in [0.25, 0.3) is 0 Å². The number of carbonyl (C=O) groups is 1. The maximum absolute atomic E-state index is 13.8. The molecule has 1 aromatic heterocycles. The van der Waals surface area contributed by atoms with E-state index in [1.54, 1.807) is 30.3 Å².